The molecule has 4 nitrogen and oxygen atoms in total. The minimum atomic E-state index is -0.188. The van der Waals surface area contributed by atoms with Crippen molar-refractivity contribution in [3.8, 4) is 0 Å². The van der Waals surface area contributed by atoms with Gasteiger partial charge in [-0.1, -0.05) is 36.4 Å². The molecule has 0 aliphatic carbocycles. The van der Waals surface area contributed by atoms with Gasteiger partial charge in [-0.3, -0.25) is 9.59 Å². The van der Waals surface area contributed by atoms with Crippen LogP contribution in [0.4, 0.5) is 11.4 Å². The molecule has 0 aliphatic rings. The van der Waals surface area contributed by atoms with E-state index in [0.29, 0.717) is 17.7 Å². The Morgan fingerprint density at radius 3 is 1.93 bits per heavy atom. The van der Waals surface area contributed by atoms with E-state index in [1.54, 1.807) is 29.2 Å². The van der Waals surface area contributed by atoms with Crippen LogP contribution in [-0.2, 0) is 0 Å². The van der Waals surface area contributed by atoms with E-state index in [0.717, 1.165) is 22.5 Å². The molecule has 0 heterocycles. The van der Waals surface area contributed by atoms with Crippen molar-refractivity contribution >= 4 is 23.2 Å². The van der Waals surface area contributed by atoms with Gasteiger partial charge in [0.25, 0.3) is 11.8 Å². The molecule has 0 saturated heterocycles. The second kappa shape index (κ2) is 8.53. The maximum Gasteiger partial charge on any atom is 0.258 e. The molecule has 0 aliphatic heterocycles. The van der Waals surface area contributed by atoms with E-state index in [9.17, 15) is 9.59 Å². The molecule has 0 bridgehead atoms. The van der Waals surface area contributed by atoms with Crippen molar-refractivity contribution in [2.75, 3.05) is 16.8 Å². The lowest BCUT2D eigenvalue weighted by atomic mass is 10.1. The number of hydrogen-bond acceptors (Lipinski definition) is 2. The molecule has 28 heavy (non-hydrogen) atoms. The van der Waals surface area contributed by atoms with Gasteiger partial charge >= 0.3 is 0 Å². The zero-order valence-electron chi connectivity index (χ0n) is 16.4. The summed E-state index contributed by atoms with van der Waals surface area (Å²) in [6.45, 7) is 6.44. The van der Waals surface area contributed by atoms with Crippen molar-refractivity contribution in [1.29, 1.82) is 0 Å². The largest absolute Gasteiger partial charge is 0.322 e. The van der Waals surface area contributed by atoms with Gasteiger partial charge in [-0.25, -0.2) is 0 Å². The van der Waals surface area contributed by atoms with Gasteiger partial charge in [0.1, 0.15) is 0 Å². The summed E-state index contributed by atoms with van der Waals surface area (Å²) >= 11 is 0. The van der Waals surface area contributed by atoms with Gasteiger partial charge < -0.3 is 10.2 Å². The van der Waals surface area contributed by atoms with Crippen LogP contribution in [0.15, 0.2) is 72.8 Å². The molecule has 1 N–H and O–H groups in total. The zero-order valence-corrected chi connectivity index (χ0v) is 16.4. The predicted molar refractivity (Wildman–Crippen MR) is 114 cm³/mol. The molecule has 0 fully saturated rings. The number of rotatable bonds is 5. The second-order valence-electron chi connectivity index (χ2n) is 6.68. The molecule has 3 aromatic carbocycles. The van der Waals surface area contributed by atoms with Crippen LogP contribution in [0.25, 0.3) is 0 Å². The molecule has 142 valence electrons. The van der Waals surface area contributed by atoms with E-state index in [4.69, 9.17) is 0 Å². The van der Waals surface area contributed by atoms with Crippen LogP contribution in [0.2, 0.25) is 0 Å². The summed E-state index contributed by atoms with van der Waals surface area (Å²) < 4.78 is 0. The molecule has 0 atom stereocenters. The van der Waals surface area contributed by atoms with Gasteiger partial charge in [-0.15, -0.1) is 0 Å². The van der Waals surface area contributed by atoms with Crippen LogP contribution >= 0.6 is 0 Å². The number of benzene rings is 3. The number of amides is 2. The molecule has 4 heteroatoms. The van der Waals surface area contributed by atoms with Crippen molar-refractivity contribution in [3.05, 3.63) is 95.1 Å². The number of para-hydroxylation sites is 2. The Balaban J connectivity index is 1.77. The zero-order chi connectivity index (χ0) is 20.1. The van der Waals surface area contributed by atoms with E-state index in [-0.39, 0.29) is 11.8 Å². The van der Waals surface area contributed by atoms with Crippen molar-refractivity contribution in [2.45, 2.75) is 20.8 Å². The standard InChI is InChI=1S/C24H24N2O2/c1-4-26(21-11-6-5-7-12-21)24(28)20-15-13-19(14-16-20)23(27)25-22-17(2)9-8-10-18(22)3/h5-16H,4H2,1-3H3,(H,25,27). The Morgan fingerprint density at radius 1 is 0.786 bits per heavy atom. The van der Waals surface area contributed by atoms with Crippen LogP contribution in [0, 0.1) is 13.8 Å². The Morgan fingerprint density at radius 2 is 1.36 bits per heavy atom. The normalized spacial score (nSPS) is 10.4. The van der Waals surface area contributed by atoms with Crippen molar-refractivity contribution in [2.24, 2.45) is 0 Å². The maximum atomic E-state index is 12.9. The summed E-state index contributed by atoms with van der Waals surface area (Å²) in [5.74, 6) is -0.276. The van der Waals surface area contributed by atoms with Crippen molar-refractivity contribution in [1.82, 2.24) is 0 Å². The van der Waals surface area contributed by atoms with E-state index in [1.807, 2.05) is 69.3 Å². The van der Waals surface area contributed by atoms with Crippen LogP contribution in [0.1, 0.15) is 38.8 Å². The highest BCUT2D eigenvalue weighted by Crippen LogP contribution is 2.21. The molecule has 0 spiro atoms. The van der Waals surface area contributed by atoms with Crippen molar-refractivity contribution < 1.29 is 9.59 Å². The first-order chi connectivity index (χ1) is 13.5. The lowest BCUT2D eigenvalue weighted by Gasteiger charge is -2.21. The molecular formula is C24H24N2O2. The fraction of sp³-hybridized carbons (Fsp3) is 0.167. The Bertz CT molecular complexity index is 959. The molecule has 0 saturated carbocycles. The predicted octanol–water partition coefficient (Wildman–Crippen LogP) is 5.22. The monoisotopic (exact) mass is 372 g/mol. The third-order valence-corrected chi connectivity index (χ3v) is 4.74. The van der Waals surface area contributed by atoms with Crippen LogP contribution < -0.4 is 10.2 Å². The minimum absolute atomic E-state index is 0.0876. The number of nitrogens with zero attached hydrogens (tertiary/aromatic N) is 1. The van der Waals surface area contributed by atoms with Crippen LogP contribution in [0.3, 0.4) is 0 Å². The maximum absolute atomic E-state index is 12.9. The van der Waals surface area contributed by atoms with Gasteiger partial charge in [0.05, 0.1) is 0 Å². The molecule has 0 radical (unpaired) electrons. The van der Waals surface area contributed by atoms with E-state index in [1.165, 1.54) is 0 Å². The van der Waals surface area contributed by atoms with E-state index in [2.05, 4.69) is 5.32 Å². The van der Waals surface area contributed by atoms with Gasteiger partial charge in [-0.2, -0.15) is 0 Å². The fourth-order valence-electron chi connectivity index (χ4n) is 3.17. The van der Waals surface area contributed by atoms with E-state index >= 15 is 0 Å². The lowest BCUT2D eigenvalue weighted by Crippen LogP contribution is -2.30. The number of carbonyl (C=O) groups excluding carboxylic acids is 2. The minimum Gasteiger partial charge on any atom is -0.322 e. The van der Waals surface area contributed by atoms with Gasteiger partial charge in [0, 0.05) is 29.0 Å². The first-order valence-electron chi connectivity index (χ1n) is 9.35. The highest BCUT2D eigenvalue weighted by Gasteiger charge is 2.17. The Hall–Kier alpha value is -3.40. The quantitative estimate of drug-likeness (QED) is 0.667. The molecule has 0 aromatic heterocycles. The summed E-state index contributed by atoms with van der Waals surface area (Å²) in [6.07, 6.45) is 0. The first kappa shape index (κ1) is 19.4. The topological polar surface area (TPSA) is 49.4 Å². The van der Waals surface area contributed by atoms with Gasteiger partial charge in [0.15, 0.2) is 0 Å². The molecule has 2 amide bonds. The van der Waals surface area contributed by atoms with Crippen LogP contribution in [-0.4, -0.2) is 18.4 Å². The third kappa shape index (κ3) is 4.12. The summed E-state index contributed by atoms with van der Waals surface area (Å²) in [7, 11) is 0. The average Bonchev–Trinajstić information content (AvgIpc) is 2.72. The average molecular weight is 372 g/mol. The SMILES string of the molecule is CCN(C(=O)c1ccc(C(=O)Nc2c(C)cccc2C)cc1)c1ccccc1. The van der Waals surface area contributed by atoms with E-state index < -0.39 is 0 Å². The second-order valence-corrected chi connectivity index (χ2v) is 6.68. The molecular weight excluding hydrogens is 348 g/mol. The number of aryl methyl sites for hydroxylation is 2. The fourth-order valence-corrected chi connectivity index (χ4v) is 3.17. The summed E-state index contributed by atoms with van der Waals surface area (Å²) in [5, 5.41) is 2.97. The summed E-state index contributed by atoms with van der Waals surface area (Å²) in [6, 6.07) is 22.2. The smallest absolute Gasteiger partial charge is 0.258 e. The third-order valence-electron chi connectivity index (χ3n) is 4.74. The van der Waals surface area contributed by atoms with Crippen molar-refractivity contribution in [3.63, 3.8) is 0 Å². The number of hydrogen-bond donors (Lipinski definition) is 1. The Kier molecular flexibility index (Phi) is 5.90. The molecule has 0 unspecified atom stereocenters. The van der Waals surface area contributed by atoms with Gasteiger partial charge in [-0.05, 0) is 68.3 Å². The summed E-state index contributed by atoms with van der Waals surface area (Å²) in [4.78, 5) is 27.2. The highest BCUT2D eigenvalue weighted by molar-refractivity contribution is 6.08. The lowest BCUT2D eigenvalue weighted by molar-refractivity contribution is 0.0985. The molecule has 3 aromatic rings. The first-order valence-corrected chi connectivity index (χ1v) is 9.35. The number of carbonyl (C=O) groups is 2. The highest BCUT2D eigenvalue weighted by atomic mass is 16.2. The summed E-state index contributed by atoms with van der Waals surface area (Å²) in [5.41, 5.74) is 4.78. The Labute approximate surface area is 165 Å². The van der Waals surface area contributed by atoms with Crippen LogP contribution in [0.5, 0.6) is 0 Å². The number of anilines is 2. The molecule has 3 rings (SSSR count). The number of nitrogens with one attached hydrogen (secondary N) is 1. The van der Waals surface area contributed by atoms with Gasteiger partial charge in [0.2, 0.25) is 0 Å².